The van der Waals surface area contributed by atoms with Crippen molar-refractivity contribution in [2.75, 3.05) is 20.2 Å². The van der Waals surface area contributed by atoms with Crippen molar-refractivity contribution in [3.05, 3.63) is 58.6 Å². The SMILES string of the molecule is COc1cc(C)c(Cl)cc1S(=O)(=O)[N+]1=C(Cc2ccccc2)NCC1. The standard InChI is InChI=1S/C18H19ClN2O3S/c1-13-10-16(24-2)17(12-15(13)19)25(22,23)21-9-8-20-18(21)11-14-6-4-3-5-7-14/h3-7,10,12H,8-9,11H2,1-2H3/p+1. The molecule has 1 heterocycles. The molecule has 0 aliphatic carbocycles. The second-order valence-electron chi connectivity index (χ2n) is 5.87. The molecule has 0 aromatic heterocycles. The minimum atomic E-state index is -3.77. The minimum absolute atomic E-state index is 0.0832. The van der Waals surface area contributed by atoms with Crippen LogP contribution in [0.3, 0.4) is 0 Å². The quantitative estimate of drug-likeness (QED) is 0.811. The van der Waals surface area contributed by atoms with E-state index in [1.807, 2.05) is 37.3 Å². The van der Waals surface area contributed by atoms with Crippen molar-refractivity contribution >= 4 is 27.5 Å². The topological polar surface area (TPSA) is 58.4 Å². The average Bonchev–Trinajstić information content (AvgIpc) is 3.06. The smallest absolute Gasteiger partial charge is 0.334 e. The predicted molar refractivity (Wildman–Crippen MR) is 98.2 cm³/mol. The van der Waals surface area contributed by atoms with Gasteiger partial charge < -0.3 is 4.74 Å². The van der Waals surface area contributed by atoms with Crippen LogP contribution in [0.5, 0.6) is 5.75 Å². The van der Waals surface area contributed by atoms with E-state index in [2.05, 4.69) is 5.32 Å². The van der Waals surface area contributed by atoms with Crippen LogP contribution in [0.15, 0.2) is 47.4 Å². The van der Waals surface area contributed by atoms with E-state index in [0.29, 0.717) is 36.1 Å². The van der Waals surface area contributed by atoms with Crippen LogP contribution in [0, 0.1) is 6.92 Å². The molecule has 3 rings (SSSR count). The summed E-state index contributed by atoms with van der Waals surface area (Å²) in [6, 6.07) is 12.9. The summed E-state index contributed by atoms with van der Waals surface area (Å²) in [6.07, 6.45) is 0.516. The minimum Gasteiger partial charge on any atom is -0.495 e. The van der Waals surface area contributed by atoms with Crippen LogP contribution in [-0.2, 0) is 16.4 Å². The zero-order chi connectivity index (χ0) is 18.0. The van der Waals surface area contributed by atoms with Gasteiger partial charge in [0, 0.05) is 5.02 Å². The number of hydrogen-bond donors (Lipinski definition) is 1. The lowest BCUT2D eigenvalue weighted by Crippen LogP contribution is -2.29. The number of methoxy groups -OCH3 is 1. The van der Waals surface area contributed by atoms with Gasteiger partial charge in [-0.25, -0.2) is 0 Å². The van der Waals surface area contributed by atoms with E-state index in [9.17, 15) is 8.42 Å². The molecule has 25 heavy (non-hydrogen) atoms. The summed E-state index contributed by atoms with van der Waals surface area (Å²) < 4.78 is 33.1. The molecular formula is C18H20ClN2O3S+. The van der Waals surface area contributed by atoms with E-state index in [1.165, 1.54) is 17.2 Å². The number of nitrogens with zero attached hydrogens (tertiary/aromatic N) is 1. The van der Waals surface area contributed by atoms with Gasteiger partial charge in [0.15, 0.2) is 4.90 Å². The average molecular weight is 380 g/mol. The van der Waals surface area contributed by atoms with Gasteiger partial charge in [-0.15, -0.1) is 3.98 Å². The molecule has 0 radical (unpaired) electrons. The Hall–Kier alpha value is -2.05. The number of ether oxygens (including phenoxy) is 1. The normalized spacial score (nSPS) is 14.5. The Labute approximate surface area is 153 Å². The maximum Gasteiger partial charge on any atom is 0.334 e. The Morgan fingerprint density at radius 2 is 1.96 bits per heavy atom. The molecule has 0 amide bonds. The molecule has 2 aromatic rings. The number of nitrogens with one attached hydrogen (secondary N) is 1. The van der Waals surface area contributed by atoms with E-state index in [-0.39, 0.29) is 4.90 Å². The number of rotatable bonds is 5. The molecule has 0 fully saturated rings. The third-order valence-electron chi connectivity index (χ3n) is 4.17. The van der Waals surface area contributed by atoms with E-state index in [4.69, 9.17) is 16.3 Å². The molecule has 2 aromatic carbocycles. The van der Waals surface area contributed by atoms with Gasteiger partial charge >= 0.3 is 10.0 Å². The lowest BCUT2D eigenvalue weighted by Gasteiger charge is -2.12. The highest BCUT2D eigenvalue weighted by molar-refractivity contribution is 7.85. The Bertz CT molecular complexity index is 925. The highest BCUT2D eigenvalue weighted by Gasteiger charge is 2.35. The van der Waals surface area contributed by atoms with Crippen molar-refractivity contribution in [3.8, 4) is 5.75 Å². The Morgan fingerprint density at radius 3 is 2.64 bits per heavy atom. The Balaban J connectivity index is 2.07. The summed E-state index contributed by atoms with van der Waals surface area (Å²) in [5.41, 5.74) is 1.81. The molecule has 132 valence electrons. The number of amidine groups is 1. The molecule has 0 spiro atoms. The highest BCUT2D eigenvalue weighted by Crippen LogP contribution is 2.31. The molecule has 1 aliphatic rings. The van der Waals surface area contributed by atoms with Gasteiger partial charge in [0.25, 0.3) is 5.84 Å². The molecule has 0 unspecified atom stereocenters. The summed E-state index contributed by atoms with van der Waals surface area (Å²) in [4.78, 5) is 0.0832. The lowest BCUT2D eigenvalue weighted by atomic mass is 10.1. The van der Waals surface area contributed by atoms with E-state index in [0.717, 1.165) is 11.1 Å². The molecule has 7 heteroatoms. The van der Waals surface area contributed by atoms with Crippen LogP contribution >= 0.6 is 11.6 Å². The first kappa shape index (κ1) is 17.8. The number of halogens is 1. The monoisotopic (exact) mass is 379 g/mol. The van der Waals surface area contributed by atoms with Crippen LogP contribution in [0.4, 0.5) is 0 Å². The fraction of sp³-hybridized carbons (Fsp3) is 0.278. The van der Waals surface area contributed by atoms with Gasteiger partial charge in [0.05, 0.1) is 13.5 Å². The molecule has 0 bridgehead atoms. The lowest BCUT2D eigenvalue weighted by molar-refractivity contribution is -0.354. The molecule has 0 atom stereocenters. The maximum absolute atomic E-state index is 13.2. The van der Waals surface area contributed by atoms with Crippen LogP contribution < -0.4 is 10.1 Å². The summed E-state index contributed by atoms with van der Waals surface area (Å²) in [6.45, 7) is 2.76. The fourth-order valence-electron chi connectivity index (χ4n) is 2.85. The van der Waals surface area contributed by atoms with Crippen molar-refractivity contribution in [1.29, 1.82) is 0 Å². The number of aryl methyl sites for hydroxylation is 1. The van der Waals surface area contributed by atoms with Crippen molar-refractivity contribution in [2.24, 2.45) is 0 Å². The number of hydrogen-bond acceptors (Lipinski definition) is 4. The first-order valence-corrected chi connectivity index (χ1v) is 9.76. The molecule has 0 saturated heterocycles. The van der Waals surface area contributed by atoms with Crippen LogP contribution in [0.1, 0.15) is 11.1 Å². The van der Waals surface area contributed by atoms with Crippen LogP contribution in [0.2, 0.25) is 5.02 Å². The van der Waals surface area contributed by atoms with Crippen LogP contribution in [0.25, 0.3) is 0 Å². The Kier molecular flexibility index (Phi) is 5.01. The zero-order valence-electron chi connectivity index (χ0n) is 14.1. The van der Waals surface area contributed by atoms with Crippen molar-refractivity contribution in [2.45, 2.75) is 18.2 Å². The Morgan fingerprint density at radius 1 is 1.24 bits per heavy atom. The summed E-state index contributed by atoms with van der Waals surface area (Å²) in [5.74, 6) is 0.956. The molecule has 1 aliphatic heterocycles. The molecule has 5 nitrogen and oxygen atoms in total. The number of sulfonamides is 1. The summed E-state index contributed by atoms with van der Waals surface area (Å²) in [7, 11) is -2.31. The van der Waals surface area contributed by atoms with Crippen LogP contribution in [-0.4, -0.2) is 38.4 Å². The van der Waals surface area contributed by atoms with E-state index in [1.54, 1.807) is 6.07 Å². The van der Waals surface area contributed by atoms with Gasteiger partial charge in [-0.2, -0.15) is 8.42 Å². The largest absolute Gasteiger partial charge is 0.495 e. The third-order valence-corrected chi connectivity index (χ3v) is 6.44. The van der Waals surface area contributed by atoms with Gasteiger partial charge in [0.1, 0.15) is 18.8 Å². The molecular weight excluding hydrogens is 360 g/mol. The van der Waals surface area contributed by atoms with E-state index < -0.39 is 10.0 Å². The van der Waals surface area contributed by atoms with E-state index >= 15 is 0 Å². The maximum atomic E-state index is 13.2. The number of benzene rings is 2. The highest BCUT2D eigenvalue weighted by atomic mass is 35.5. The first-order valence-electron chi connectivity index (χ1n) is 7.94. The molecule has 1 N–H and O–H groups in total. The van der Waals surface area contributed by atoms with Crippen molar-refractivity contribution < 1.29 is 17.1 Å². The van der Waals surface area contributed by atoms with Crippen molar-refractivity contribution in [3.63, 3.8) is 0 Å². The van der Waals surface area contributed by atoms with Gasteiger partial charge in [0.2, 0.25) is 0 Å². The second-order valence-corrected chi connectivity index (χ2v) is 8.10. The van der Waals surface area contributed by atoms with Gasteiger partial charge in [-0.05, 0) is 30.2 Å². The third kappa shape index (κ3) is 3.50. The predicted octanol–water partition coefficient (Wildman–Crippen LogP) is 2.60. The van der Waals surface area contributed by atoms with Crippen molar-refractivity contribution in [1.82, 2.24) is 5.32 Å². The molecule has 0 saturated carbocycles. The van der Waals surface area contributed by atoms with Gasteiger partial charge in [-0.3, -0.25) is 5.32 Å². The zero-order valence-corrected chi connectivity index (χ0v) is 15.7. The fourth-order valence-corrected chi connectivity index (χ4v) is 4.73. The summed E-state index contributed by atoms with van der Waals surface area (Å²) in [5, 5.41) is 3.58. The summed E-state index contributed by atoms with van der Waals surface area (Å²) >= 11 is 6.16. The second kappa shape index (κ2) is 7.06. The first-order chi connectivity index (χ1) is 11.9. The van der Waals surface area contributed by atoms with Gasteiger partial charge in [-0.1, -0.05) is 41.9 Å².